The van der Waals surface area contributed by atoms with Gasteiger partial charge in [0.2, 0.25) is 0 Å². The number of aryl methyl sites for hydroxylation is 1. The summed E-state index contributed by atoms with van der Waals surface area (Å²) in [6, 6.07) is 12.7. The van der Waals surface area contributed by atoms with Crippen LogP contribution in [0.1, 0.15) is 77.2 Å². The van der Waals surface area contributed by atoms with Crippen molar-refractivity contribution >= 4 is 0 Å². The first-order valence-corrected chi connectivity index (χ1v) is 11.5. The van der Waals surface area contributed by atoms with E-state index in [1.54, 1.807) is 0 Å². The lowest BCUT2D eigenvalue weighted by molar-refractivity contribution is 0.250. The average Bonchev–Trinajstić information content (AvgIpc) is 2.76. The van der Waals surface area contributed by atoms with Crippen molar-refractivity contribution in [1.29, 1.82) is 0 Å². The van der Waals surface area contributed by atoms with Gasteiger partial charge in [-0.1, -0.05) is 64.9 Å². The molecule has 0 amide bonds. The topological polar surface area (TPSA) is 22.1 Å². The summed E-state index contributed by atoms with van der Waals surface area (Å²) in [5.41, 5.74) is 3.57. The number of pyridine rings is 1. The zero-order chi connectivity index (χ0) is 19.6. The van der Waals surface area contributed by atoms with Gasteiger partial charge in [-0.05, 0) is 67.0 Å². The van der Waals surface area contributed by atoms with Crippen LogP contribution in [0.5, 0.6) is 5.75 Å². The first-order valence-electron chi connectivity index (χ1n) is 11.5. The SMILES string of the molecule is CCCC[C@H]1CC[C@H](CCc2ccc(-c3ccc(OCCC)cc3)nc2)CC1. The predicted molar refractivity (Wildman–Crippen MR) is 119 cm³/mol. The van der Waals surface area contributed by atoms with E-state index in [4.69, 9.17) is 9.72 Å². The Labute approximate surface area is 171 Å². The molecule has 0 bridgehead atoms. The smallest absolute Gasteiger partial charge is 0.119 e. The van der Waals surface area contributed by atoms with Crippen LogP contribution in [-0.2, 0) is 6.42 Å². The Hall–Kier alpha value is -1.83. The first-order chi connectivity index (χ1) is 13.8. The third kappa shape index (κ3) is 6.36. The number of nitrogens with zero attached hydrogens (tertiary/aromatic N) is 1. The molecule has 0 unspecified atom stereocenters. The molecule has 2 nitrogen and oxygen atoms in total. The normalized spacial score (nSPS) is 19.5. The predicted octanol–water partition coefficient (Wildman–Crippen LogP) is 7.47. The molecule has 0 saturated heterocycles. The highest BCUT2D eigenvalue weighted by Gasteiger charge is 2.20. The van der Waals surface area contributed by atoms with Crippen molar-refractivity contribution in [2.75, 3.05) is 6.61 Å². The quantitative estimate of drug-likeness (QED) is 0.427. The molecular weight excluding hydrogens is 342 g/mol. The van der Waals surface area contributed by atoms with Crippen molar-refractivity contribution in [1.82, 2.24) is 4.98 Å². The summed E-state index contributed by atoms with van der Waals surface area (Å²) >= 11 is 0. The number of ether oxygens (including phenoxy) is 1. The van der Waals surface area contributed by atoms with Crippen LogP contribution < -0.4 is 4.74 Å². The maximum absolute atomic E-state index is 5.66. The Morgan fingerprint density at radius 1 is 0.857 bits per heavy atom. The molecule has 1 aromatic carbocycles. The zero-order valence-electron chi connectivity index (χ0n) is 17.8. The largest absolute Gasteiger partial charge is 0.494 e. The lowest BCUT2D eigenvalue weighted by Crippen LogP contribution is -2.15. The van der Waals surface area contributed by atoms with E-state index in [1.165, 1.54) is 63.4 Å². The number of unbranched alkanes of at least 4 members (excludes halogenated alkanes) is 1. The minimum absolute atomic E-state index is 0.771. The molecule has 28 heavy (non-hydrogen) atoms. The summed E-state index contributed by atoms with van der Waals surface area (Å²) in [5, 5.41) is 0. The summed E-state index contributed by atoms with van der Waals surface area (Å²) in [6.07, 6.45) is 15.6. The van der Waals surface area contributed by atoms with Crippen LogP contribution in [0.3, 0.4) is 0 Å². The van der Waals surface area contributed by atoms with Crippen LogP contribution in [0.4, 0.5) is 0 Å². The molecule has 1 aliphatic carbocycles. The van der Waals surface area contributed by atoms with Crippen molar-refractivity contribution in [3.05, 3.63) is 48.2 Å². The monoisotopic (exact) mass is 379 g/mol. The lowest BCUT2D eigenvalue weighted by Gasteiger charge is -2.28. The van der Waals surface area contributed by atoms with Gasteiger partial charge >= 0.3 is 0 Å². The second kappa shape index (κ2) is 11.2. The standard InChI is InChI=1S/C26H37NO/c1-3-5-6-21-7-9-22(10-8-21)11-12-23-13-18-26(27-20-23)24-14-16-25(17-15-24)28-19-4-2/h13-18,20-22H,3-12,19H2,1-2H3/t21-,22-. The van der Waals surface area contributed by atoms with Crippen LogP contribution in [-0.4, -0.2) is 11.6 Å². The van der Waals surface area contributed by atoms with Gasteiger partial charge in [0.25, 0.3) is 0 Å². The van der Waals surface area contributed by atoms with Crippen LogP contribution in [0.2, 0.25) is 0 Å². The lowest BCUT2D eigenvalue weighted by atomic mass is 9.78. The molecule has 1 aromatic heterocycles. The van der Waals surface area contributed by atoms with Gasteiger partial charge < -0.3 is 4.74 Å². The molecule has 1 saturated carbocycles. The molecule has 3 rings (SSSR count). The highest BCUT2D eigenvalue weighted by Crippen LogP contribution is 2.34. The molecule has 1 fully saturated rings. The molecule has 0 spiro atoms. The van der Waals surface area contributed by atoms with Gasteiger partial charge in [0, 0.05) is 11.8 Å². The third-order valence-corrected chi connectivity index (χ3v) is 6.22. The molecule has 1 heterocycles. The number of benzene rings is 1. The van der Waals surface area contributed by atoms with Gasteiger partial charge in [0.15, 0.2) is 0 Å². The molecule has 0 radical (unpaired) electrons. The van der Waals surface area contributed by atoms with E-state index in [-0.39, 0.29) is 0 Å². The Morgan fingerprint density at radius 3 is 2.18 bits per heavy atom. The van der Waals surface area contributed by atoms with E-state index in [0.29, 0.717) is 0 Å². The highest BCUT2D eigenvalue weighted by atomic mass is 16.5. The molecule has 0 N–H and O–H groups in total. The fourth-order valence-corrected chi connectivity index (χ4v) is 4.36. The molecule has 1 aliphatic rings. The van der Waals surface area contributed by atoms with E-state index < -0.39 is 0 Å². The van der Waals surface area contributed by atoms with E-state index >= 15 is 0 Å². The molecular formula is C26H37NO. The van der Waals surface area contributed by atoms with E-state index in [9.17, 15) is 0 Å². The number of hydrogen-bond donors (Lipinski definition) is 0. The second-order valence-electron chi connectivity index (χ2n) is 8.49. The maximum Gasteiger partial charge on any atom is 0.119 e. The van der Waals surface area contributed by atoms with Gasteiger partial charge in [-0.25, -0.2) is 0 Å². The molecule has 2 heteroatoms. The van der Waals surface area contributed by atoms with Crippen molar-refractivity contribution in [2.45, 2.75) is 78.1 Å². The van der Waals surface area contributed by atoms with Gasteiger partial charge in [0.1, 0.15) is 5.75 Å². The molecule has 2 aromatic rings. The van der Waals surface area contributed by atoms with E-state index in [1.807, 2.05) is 12.1 Å². The Balaban J connectivity index is 1.44. The summed E-state index contributed by atoms with van der Waals surface area (Å²) in [7, 11) is 0. The Kier molecular flexibility index (Phi) is 8.39. The van der Waals surface area contributed by atoms with Gasteiger partial charge in [-0.15, -0.1) is 0 Å². The van der Waals surface area contributed by atoms with Crippen LogP contribution in [0.25, 0.3) is 11.3 Å². The summed E-state index contributed by atoms with van der Waals surface area (Å²) in [6.45, 7) is 5.20. The van der Waals surface area contributed by atoms with Gasteiger partial charge in [0.05, 0.1) is 12.3 Å². The second-order valence-corrected chi connectivity index (χ2v) is 8.49. The highest BCUT2D eigenvalue weighted by molar-refractivity contribution is 5.60. The van der Waals surface area contributed by atoms with Crippen LogP contribution in [0.15, 0.2) is 42.6 Å². The van der Waals surface area contributed by atoms with Crippen molar-refractivity contribution in [2.24, 2.45) is 11.8 Å². The van der Waals surface area contributed by atoms with E-state index in [2.05, 4.69) is 44.3 Å². The number of hydrogen-bond acceptors (Lipinski definition) is 2. The molecule has 0 atom stereocenters. The van der Waals surface area contributed by atoms with Crippen molar-refractivity contribution < 1.29 is 4.74 Å². The van der Waals surface area contributed by atoms with Gasteiger partial charge in [-0.3, -0.25) is 4.98 Å². The summed E-state index contributed by atoms with van der Waals surface area (Å²) in [5.74, 6) is 2.87. The summed E-state index contributed by atoms with van der Waals surface area (Å²) < 4.78 is 5.66. The fraction of sp³-hybridized carbons (Fsp3) is 0.577. The fourth-order valence-electron chi connectivity index (χ4n) is 4.36. The summed E-state index contributed by atoms with van der Waals surface area (Å²) in [4.78, 5) is 4.71. The average molecular weight is 380 g/mol. The minimum Gasteiger partial charge on any atom is -0.494 e. The van der Waals surface area contributed by atoms with Crippen molar-refractivity contribution in [3.63, 3.8) is 0 Å². The maximum atomic E-state index is 5.66. The first kappa shape index (κ1) is 20.9. The van der Waals surface area contributed by atoms with Crippen LogP contribution >= 0.6 is 0 Å². The Morgan fingerprint density at radius 2 is 1.57 bits per heavy atom. The van der Waals surface area contributed by atoms with Gasteiger partial charge in [-0.2, -0.15) is 0 Å². The minimum atomic E-state index is 0.771. The molecule has 0 aliphatic heterocycles. The van der Waals surface area contributed by atoms with Crippen LogP contribution in [0, 0.1) is 11.8 Å². The number of rotatable bonds is 10. The third-order valence-electron chi connectivity index (χ3n) is 6.22. The number of aromatic nitrogens is 1. The molecule has 152 valence electrons. The zero-order valence-corrected chi connectivity index (χ0v) is 17.8. The van der Waals surface area contributed by atoms with Crippen molar-refractivity contribution in [3.8, 4) is 17.0 Å². The Bertz CT molecular complexity index is 669. The van der Waals surface area contributed by atoms with E-state index in [0.717, 1.165) is 41.9 Å².